The van der Waals surface area contributed by atoms with Crippen molar-refractivity contribution in [2.45, 2.75) is 105 Å². The van der Waals surface area contributed by atoms with Crippen LogP contribution in [0, 0.1) is 0 Å². The van der Waals surface area contributed by atoms with Crippen molar-refractivity contribution >= 4 is 24.9 Å². The average molecular weight is 920 g/mol. The molecule has 0 amide bonds. The molecule has 0 saturated carbocycles. The molecule has 0 radical (unpaired) electrons. The Bertz CT molecular complexity index is 1750. The van der Waals surface area contributed by atoms with Gasteiger partial charge in [0, 0.05) is 32.0 Å². The van der Waals surface area contributed by atoms with Crippen LogP contribution in [0.3, 0.4) is 0 Å². The molecule has 4 rings (SSSR count). The fraction of sp³-hybridized carbons (Fsp3) is 0.429. The minimum Gasteiger partial charge on any atom is -0.872 e. The maximum atomic E-state index is 12.5. The minimum absolute atomic E-state index is 0. The third kappa shape index (κ3) is 17.1. The Kier molecular flexibility index (Phi) is 23.4. The van der Waals surface area contributed by atoms with Crippen LogP contribution in [0.2, 0.25) is 0 Å². The van der Waals surface area contributed by atoms with Gasteiger partial charge in [-0.2, -0.15) is 0 Å². The number of aliphatic imine (C=N–C) groups is 4. The van der Waals surface area contributed by atoms with Gasteiger partial charge >= 0.3 is 39.0 Å². The molecule has 0 unspecified atom stereocenters. The fourth-order valence-corrected chi connectivity index (χ4v) is 5.87. The van der Waals surface area contributed by atoms with Gasteiger partial charge in [-0.1, -0.05) is 179 Å². The van der Waals surface area contributed by atoms with Gasteiger partial charge in [0.05, 0.1) is 26.2 Å². The molecule has 314 valence electrons. The topological polar surface area (TPSA) is 162 Å². The molecule has 4 aromatic carbocycles. The first-order chi connectivity index (χ1) is 27.0. The zero-order chi connectivity index (χ0) is 43.9. The smallest absolute Gasteiger partial charge is 0.872 e. The zero-order valence-corrected chi connectivity index (χ0v) is 44.3. The number of benzene rings is 4. The van der Waals surface area contributed by atoms with Gasteiger partial charge in [-0.15, -0.1) is 0 Å². The van der Waals surface area contributed by atoms with E-state index in [0.29, 0.717) is 48.4 Å². The molecule has 0 aliphatic rings. The summed E-state index contributed by atoms with van der Waals surface area (Å²) in [6.07, 6.45) is 6.47. The van der Waals surface area contributed by atoms with Gasteiger partial charge in [0.15, 0.2) is 0 Å². The summed E-state index contributed by atoms with van der Waals surface area (Å²) >= 11 is 0. The van der Waals surface area contributed by atoms with Gasteiger partial charge in [0.1, 0.15) is 0 Å². The number of aliphatic hydroxyl groups is 1. The standard InChI is InChI=1S/2C24H32N2O2.CH4O.2Zn/c2*1-23(2,3)19-11-7-9-17(21(19)27)15-25-13-14-26-16-18-10-8-12-20(22(18)28)24(4,5)6;1-2;;/h2*7-12,15-16,27-28H,13-14H2,1-6H3;2H,1H3;;/q;;;2*+2/p-4. The minimum atomic E-state index is -0.192. The van der Waals surface area contributed by atoms with E-state index in [9.17, 15) is 20.4 Å². The van der Waals surface area contributed by atoms with Crippen molar-refractivity contribution in [3.05, 3.63) is 117 Å². The molecule has 0 aliphatic carbocycles. The molecule has 0 atom stereocenters. The summed E-state index contributed by atoms with van der Waals surface area (Å²) in [5.74, 6) is 0.101. The van der Waals surface area contributed by atoms with Crippen molar-refractivity contribution in [2.24, 2.45) is 20.0 Å². The van der Waals surface area contributed by atoms with Crippen LogP contribution >= 0.6 is 0 Å². The molecule has 0 bridgehead atoms. The summed E-state index contributed by atoms with van der Waals surface area (Å²) in [4.78, 5) is 17.3. The second kappa shape index (κ2) is 25.0. The van der Waals surface area contributed by atoms with Gasteiger partial charge in [-0.05, 0) is 66.2 Å². The number of hydrogen-bond acceptors (Lipinski definition) is 9. The maximum absolute atomic E-state index is 12.5. The van der Waals surface area contributed by atoms with Gasteiger partial charge < -0.3 is 25.5 Å². The third-order valence-corrected chi connectivity index (χ3v) is 9.05. The summed E-state index contributed by atoms with van der Waals surface area (Å²) in [6, 6.07) is 22.2. The van der Waals surface area contributed by atoms with E-state index in [0.717, 1.165) is 29.4 Å². The van der Waals surface area contributed by atoms with Gasteiger partial charge in [0.25, 0.3) is 0 Å². The van der Waals surface area contributed by atoms with Gasteiger partial charge in [0.2, 0.25) is 0 Å². The largest absolute Gasteiger partial charge is 2.00 e. The van der Waals surface area contributed by atoms with E-state index >= 15 is 0 Å². The molecule has 0 aromatic heterocycles. The Labute approximate surface area is 385 Å². The van der Waals surface area contributed by atoms with Crippen LogP contribution in [0.15, 0.2) is 92.8 Å². The third-order valence-electron chi connectivity index (χ3n) is 9.05. The van der Waals surface area contributed by atoms with Crippen LogP contribution in [0.5, 0.6) is 23.0 Å². The van der Waals surface area contributed by atoms with Crippen molar-refractivity contribution in [1.29, 1.82) is 0 Å². The Balaban J connectivity index is 0.00000108. The van der Waals surface area contributed by atoms with Crippen LogP contribution in [-0.4, -0.2) is 63.3 Å². The number of nitrogens with zero attached hydrogens (tertiary/aromatic N) is 4. The van der Waals surface area contributed by atoms with Crippen molar-refractivity contribution in [1.82, 2.24) is 0 Å². The molecule has 11 heteroatoms. The molecule has 0 saturated heterocycles. The Hall–Kier alpha value is -4.03. The Morgan fingerprint density at radius 1 is 0.367 bits per heavy atom. The van der Waals surface area contributed by atoms with E-state index in [1.165, 1.54) is 0 Å². The van der Waals surface area contributed by atoms with Crippen LogP contribution in [0.1, 0.15) is 128 Å². The van der Waals surface area contributed by atoms with E-state index < -0.39 is 0 Å². The van der Waals surface area contributed by atoms with Gasteiger partial charge in [-0.25, -0.2) is 0 Å². The van der Waals surface area contributed by atoms with Crippen LogP contribution < -0.4 is 20.4 Å². The first-order valence-corrected chi connectivity index (χ1v) is 19.7. The van der Waals surface area contributed by atoms with E-state index in [2.05, 4.69) is 20.0 Å². The van der Waals surface area contributed by atoms with Gasteiger partial charge in [-0.3, -0.25) is 20.0 Å². The first kappa shape index (κ1) is 56.0. The molecule has 0 aliphatic heterocycles. The monoisotopic (exact) mass is 916 g/mol. The molecule has 60 heavy (non-hydrogen) atoms. The predicted molar refractivity (Wildman–Crippen MR) is 236 cm³/mol. The summed E-state index contributed by atoms with van der Waals surface area (Å²) in [6.45, 7) is 26.2. The number of para-hydroxylation sites is 4. The SMILES string of the molecule is CC(C)(C)c1cccc(C=NCCN=Cc2cccc(C(C)(C)C)c2[O-])c1[O-].CC(C)(C)c1cccc(C=NCCN=Cc2cccc(C(C)(C)C)c2[O-])c1[O-].CO.[Zn+2].[Zn+2]. The molecular weight excluding hydrogens is 855 g/mol. The van der Waals surface area contributed by atoms with Crippen molar-refractivity contribution in [3.63, 3.8) is 0 Å². The summed E-state index contributed by atoms with van der Waals surface area (Å²) < 4.78 is 0. The second-order valence-electron chi connectivity index (χ2n) is 18.0. The number of hydrogen-bond donors (Lipinski definition) is 1. The number of rotatable bonds is 10. The molecule has 0 fully saturated rings. The zero-order valence-electron chi connectivity index (χ0n) is 38.3. The normalized spacial score (nSPS) is 12.2. The van der Waals surface area contributed by atoms with Crippen LogP contribution in [-0.2, 0) is 60.6 Å². The Morgan fingerprint density at radius 3 is 0.683 bits per heavy atom. The van der Waals surface area contributed by atoms with Crippen molar-refractivity contribution < 1.29 is 64.5 Å². The van der Waals surface area contributed by atoms with Crippen molar-refractivity contribution in [3.8, 4) is 23.0 Å². The van der Waals surface area contributed by atoms with Crippen LogP contribution in [0.4, 0.5) is 0 Å². The predicted octanol–water partition coefficient (Wildman–Crippen LogP) is 7.54. The second-order valence-corrected chi connectivity index (χ2v) is 18.0. The summed E-state index contributed by atoms with van der Waals surface area (Å²) in [5, 5.41) is 57.1. The molecule has 4 aromatic rings. The molecule has 0 heterocycles. The first-order valence-electron chi connectivity index (χ1n) is 19.7. The average Bonchev–Trinajstić information content (AvgIpc) is 3.12. The van der Waals surface area contributed by atoms with E-state index in [4.69, 9.17) is 5.11 Å². The van der Waals surface area contributed by atoms with Crippen molar-refractivity contribution in [2.75, 3.05) is 33.3 Å². The quantitative estimate of drug-likeness (QED) is 0.0987. The molecule has 9 nitrogen and oxygen atoms in total. The maximum Gasteiger partial charge on any atom is 2.00 e. The Morgan fingerprint density at radius 2 is 0.533 bits per heavy atom. The fourth-order valence-electron chi connectivity index (χ4n) is 5.87. The molecular formula is C49H64N4O5Zn2. The molecule has 1 N–H and O–H groups in total. The van der Waals surface area contributed by atoms with Crippen LogP contribution in [0.25, 0.3) is 0 Å². The molecule has 0 spiro atoms. The van der Waals surface area contributed by atoms with E-state index in [-0.39, 0.29) is 83.6 Å². The number of aliphatic hydroxyl groups excluding tert-OH is 1. The van der Waals surface area contributed by atoms with E-state index in [1.54, 1.807) is 49.1 Å². The van der Waals surface area contributed by atoms with E-state index in [1.807, 2.05) is 132 Å². The summed E-state index contributed by atoms with van der Waals surface area (Å²) in [7, 11) is 1.00. The summed E-state index contributed by atoms with van der Waals surface area (Å²) in [5.41, 5.74) is 4.76.